The molecule has 2 aromatic rings. The van der Waals surface area contributed by atoms with Crippen LogP contribution in [0.15, 0.2) is 46.6 Å². The molecule has 0 amide bonds. The Bertz CT molecular complexity index is 993. The zero-order valence-electron chi connectivity index (χ0n) is 15.3. The zero-order chi connectivity index (χ0) is 21.7. The van der Waals surface area contributed by atoms with Gasteiger partial charge in [-0.3, -0.25) is 10.1 Å². The molecule has 0 atom stereocenters. The van der Waals surface area contributed by atoms with Gasteiger partial charge in [-0.25, -0.2) is 4.79 Å². The van der Waals surface area contributed by atoms with Crippen LogP contribution in [0.25, 0.3) is 0 Å². The minimum absolute atomic E-state index is 0.0262. The fourth-order valence-electron chi connectivity index (χ4n) is 2.53. The summed E-state index contributed by atoms with van der Waals surface area (Å²) >= 11 is 17.5. The predicted octanol–water partition coefficient (Wildman–Crippen LogP) is 6.56. The maximum atomic E-state index is 12.0. The van der Waals surface area contributed by atoms with Crippen molar-refractivity contribution >= 4 is 63.6 Å². The third-order valence-electron chi connectivity index (χ3n) is 3.97. The Morgan fingerprint density at radius 3 is 2.33 bits per heavy atom. The molecule has 1 fully saturated rings. The first-order valence-electron chi connectivity index (χ1n) is 8.69. The van der Waals surface area contributed by atoms with E-state index < -0.39 is 11.1 Å². The monoisotopic (exact) mass is 468 g/mol. The molecule has 1 aliphatic rings. The quantitative estimate of drug-likeness (QED) is 0.122. The van der Waals surface area contributed by atoms with Crippen LogP contribution in [-0.2, 0) is 4.84 Å². The Morgan fingerprint density at radius 1 is 1.10 bits per heavy atom. The number of nitro benzene ring substituents is 1. The van der Waals surface area contributed by atoms with Gasteiger partial charge in [0.25, 0.3) is 5.69 Å². The number of nitrogens with zero attached hydrogens (tertiary/aromatic N) is 4. The Kier molecular flexibility index (Phi) is 7.14. The highest BCUT2D eigenvalue weighted by Gasteiger charge is 2.22. The number of piperidine rings is 1. The highest BCUT2D eigenvalue weighted by Crippen LogP contribution is 2.38. The minimum Gasteiger partial charge on any atom is -0.390 e. The molecule has 156 valence electrons. The fourth-order valence-corrected chi connectivity index (χ4v) is 3.35. The van der Waals surface area contributed by atoms with Gasteiger partial charge in [-0.2, -0.15) is 15.3 Å². The molecular weight excluding hydrogens is 455 g/mol. The molecule has 1 aliphatic heterocycles. The number of thiocarbonyl (C=S) groups is 1. The average Bonchev–Trinajstić information content (AvgIpc) is 2.71. The second-order valence-corrected chi connectivity index (χ2v) is 7.39. The van der Waals surface area contributed by atoms with Crippen LogP contribution in [0, 0.1) is 10.1 Å². The van der Waals surface area contributed by atoms with Gasteiger partial charge >= 0.3 is 6.16 Å². The molecule has 1 heterocycles. The van der Waals surface area contributed by atoms with E-state index in [1.807, 2.05) is 0 Å². The molecule has 0 saturated carbocycles. The number of carbonyl (C=O) groups excluding carboxylic acids is 1. The van der Waals surface area contributed by atoms with E-state index in [0.29, 0.717) is 29.3 Å². The van der Waals surface area contributed by atoms with Gasteiger partial charge in [-0.05, 0) is 37.1 Å². The lowest BCUT2D eigenvalue weighted by atomic mass is 10.2. The lowest BCUT2D eigenvalue weighted by molar-refractivity contribution is -0.384. The van der Waals surface area contributed by atoms with Crippen LogP contribution >= 0.6 is 35.4 Å². The summed E-state index contributed by atoms with van der Waals surface area (Å²) in [5.41, 5.74) is 0.634. The maximum Gasteiger partial charge on any atom is 0.539 e. The van der Waals surface area contributed by atoms with Crippen LogP contribution in [0.5, 0.6) is 5.75 Å². The number of ether oxygens (including phenoxy) is 1. The fraction of sp³-hybridized carbons (Fsp3) is 0.222. The van der Waals surface area contributed by atoms with Crippen molar-refractivity contribution in [3.8, 4) is 5.75 Å². The lowest BCUT2D eigenvalue weighted by Gasteiger charge is -2.26. The van der Waals surface area contributed by atoms with E-state index in [9.17, 15) is 14.9 Å². The summed E-state index contributed by atoms with van der Waals surface area (Å²) in [6.45, 7) is 0.497. The molecule has 3 rings (SSSR count). The van der Waals surface area contributed by atoms with E-state index >= 15 is 0 Å². The zero-order valence-corrected chi connectivity index (χ0v) is 17.6. The van der Waals surface area contributed by atoms with Gasteiger partial charge in [-0.1, -0.05) is 35.4 Å². The largest absolute Gasteiger partial charge is 0.539 e. The number of carbonyl (C=O) groups is 1. The molecule has 0 aliphatic carbocycles. The van der Waals surface area contributed by atoms with Crippen LogP contribution < -0.4 is 4.74 Å². The summed E-state index contributed by atoms with van der Waals surface area (Å²) in [6, 6.07) is 8.31. The molecule has 0 N–H and O–H groups in total. The number of hydrogen-bond acceptors (Lipinski definition) is 8. The molecule has 0 unspecified atom stereocenters. The number of azo groups is 1. The van der Waals surface area contributed by atoms with E-state index in [4.69, 9.17) is 45.0 Å². The van der Waals surface area contributed by atoms with Gasteiger partial charge in [0.2, 0.25) is 0 Å². The molecular formula is C18H14Cl2N4O5S. The number of nitro groups is 1. The summed E-state index contributed by atoms with van der Waals surface area (Å²) in [5, 5.41) is 20.0. The van der Waals surface area contributed by atoms with E-state index in [2.05, 4.69) is 10.2 Å². The summed E-state index contributed by atoms with van der Waals surface area (Å²) in [6.07, 6.45) is 1.45. The number of hydroxylamine groups is 2. The Balaban J connectivity index is 1.67. The van der Waals surface area contributed by atoms with Crippen molar-refractivity contribution < 1.29 is 19.3 Å². The lowest BCUT2D eigenvalue weighted by Crippen LogP contribution is -2.37. The standard InChI is InChI=1S/C18H14Cl2N4O5S/c19-14-9-12(22-21-11-4-6-13(7-5-11)24(26)27)10-15(20)17(14)28-18(25)29-23-8-2-1-3-16(23)30/h4-7,9-10H,1-3,8H2/b22-21+. The van der Waals surface area contributed by atoms with Crippen LogP contribution in [0.2, 0.25) is 10.0 Å². The van der Waals surface area contributed by atoms with Gasteiger partial charge in [0, 0.05) is 18.6 Å². The second kappa shape index (κ2) is 9.79. The number of benzene rings is 2. The van der Waals surface area contributed by atoms with Crippen molar-refractivity contribution in [2.24, 2.45) is 10.2 Å². The highest BCUT2D eigenvalue weighted by atomic mass is 35.5. The number of rotatable bonds is 5. The second-order valence-electron chi connectivity index (χ2n) is 6.11. The first-order chi connectivity index (χ1) is 14.3. The molecule has 12 heteroatoms. The SMILES string of the molecule is O=C(Oc1c(Cl)cc(/N=N/c2ccc([N+](=O)[O-])cc2)cc1Cl)ON1CCCCC1=S. The van der Waals surface area contributed by atoms with E-state index in [-0.39, 0.29) is 21.5 Å². The highest BCUT2D eigenvalue weighted by molar-refractivity contribution is 7.80. The molecule has 1 saturated heterocycles. The number of halogens is 2. The summed E-state index contributed by atoms with van der Waals surface area (Å²) in [7, 11) is 0. The van der Waals surface area contributed by atoms with Gasteiger partial charge in [-0.15, -0.1) is 0 Å². The molecule has 0 aromatic heterocycles. The predicted molar refractivity (Wildman–Crippen MR) is 114 cm³/mol. The van der Waals surface area contributed by atoms with Crippen LogP contribution in [0.4, 0.5) is 21.9 Å². The Morgan fingerprint density at radius 2 is 1.73 bits per heavy atom. The number of hydrogen-bond donors (Lipinski definition) is 0. The summed E-state index contributed by atoms with van der Waals surface area (Å²) in [4.78, 5) is 27.8. The summed E-state index contributed by atoms with van der Waals surface area (Å²) < 4.78 is 5.12. The van der Waals surface area contributed by atoms with Crippen molar-refractivity contribution in [1.82, 2.24) is 5.06 Å². The van der Waals surface area contributed by atoms with Gasteiger partial charge < -0.3 is 9.57 Å². The third kappa shape index (κ3) is 5.62. The van der Waals surface area contributed by atoms with Gasteiger partial charge in [0.1, 0.15) is 4.99 Å². The van der Waals surface area contributed by atoms with Crippen LogP contribution in [0.3, 0.4) is 0 Å². The Labute approximate surface area is 186 Å². The van der Waals surface area contributed by atoms with Crippen LogP contribution in [-0.4, -0.2) is 27.7 Å². The molecule has 30 heavy (non-hydrogen) atoms. The molecule has 2 aromatic carbocycles. The van der Waals surface area contributed by atoms with E-state index in [1.165, 1.54) is 41.5 Å². The molecule has 0 spiro atoms. The molecule has 9 nitrogen and oxygen atoms in total. The van der Waals surface area contributed by atoms with E-state index in [0.717, 1.165) is 12.8 Å². The Hall–Kier alpha value is -2.82. The molecule has 0 radical (unpaired) electrons. The first kappa shape index (κ1) is 21.9. The van der Waals surface area contributed by atoms with Gasteiger partial charge in [0.05, 0.1) is 32.9 Å². The summed E-state index contributed by atoms with van der Waals surface area (Å²) in [5.74, 6) is -0.0828. The van der Waals surface area contributed by atoms with Crippen molar-refractivity contribution in [1.29, 1.82) is 0 Å². The van der Waals surface area contributed by atoms with Crippen molar-refractivity contribution in [2.45, 2.75) is 19.3 Å². The normalized spacial score (nSPS) is 14.1. The smallest absolute Gasteiger partial charge is 0.390 e. The van der Waals surface area contributed by atoms with Crippen molar-refractivity contribution in [3.05, 3.63) is 56.6 Å². The third-order valence-corrected chi connectivity index (χ3v) is 4.94. The van der Waals surface area contributed by atoms with E-state index in [1.54, 1.807) is 0 Å². The average molecular weight is 469 g/mol. The van der Waals surface area contributed by atoms with Crippen molar-refractivity contribution in [2.75, 3.05) is 6.54 Å². The molecule has 0 bridgehead atoms. The first-order valence-corrected chi connectivity index (χ1v) is 9.85. The topological polar surface area (TPSA) is 107 Å². The maximum absolute atomic E-state index is 12.0. The van der Waals surface area contributed by atoms with Gasteiger partial charge in [0.15, 0.2) is 5.75 Å². The minimum atomic E-state index is -1.01. The van der Waals surface area contributed by atoms with Crippen LogP contribution in [0.1, 0.15) is 19.3 Å². The number of non-ortho nitro benzene ring substituents is 1. The van der Waals surface area contributed by atoms with Crippen molar-refractivity contribution in [3.63, 3.8) is 0 Å².